The number of benzene rings is 4. The van der Waals surface area contributed by atoms with Crippen LogP contribution in [0, 0.1) is 0 Å². The normalized spacial score (nSPS) is 14.2. The summed E-state index contributed by atoms with van der Waals surface area (Å²) in [5.41, 5.74) is 2.40. The molecule has 0 radical (unpaired) electrons. The Morgan fingerprint density at radius 2 is 1.69 bits per heavy atom. The number of amides is 1. The van der Waals surface area contributed by atoms with Crippen molar-refractivity contribution in [3.63, 3.8) is 0 Å². The minimum Gasteiger partial charge on any atom is -0.495 e. The van der Waals surface area contributed by atoms with Crippen LogP contribution in [0.4, 0.5) is 5.69 Å². The molecule has 1 atom stereocenters. The lowest BCUT2D eigenvalue weighted by atomic mass is 9.97. The maximum Gasteiger partial charge on any atom is 0.295 e. The van der Waals surface area contributed by atoms with Gasteiger partial charge in [0.1, 0.15) is 17.9 Å². The van der Waals surface area contributed by atoms with Gasteiger partial charge in [0.15, 0.2) is 16.9 Å². The van der Waals surface area contributed by atoms with Crippen LogP contribution in [0.15, 0.2) is 98.6 Å². The SMILES string of the molecule is CCOc1cc(C2c3c(oc4ccc(Br)cc4c3=O)C(=O)N2c2ccc(OC)c(Cl)c2)ccc1OCc1ccccc1. The fourth-order valence-corrected chi connectivity index (χ4v) is 5.76. The van der Waals surface area contributed by atoms with E-state index in [0.29, 0.717) is 57.7 Å². The predicted octanol–water partition coefficient (Wildman–Crippen LogP) is 7.95. The largest absolute Gasteiger partial charge is 0.495 e. The topological polar surface area (TPSA) is 78.2 Å². The molecule has 5 aromatic rings. The van der Waals surface area contributed by atoms with Crippen LogP contribution in [-0.2, 0) is 6.61 Å². The second-order valence-corrected chi connectivity index (χ2v) is 10.9. The molecule has 212 valence electrons. The summed E-state index contributed by atoms with van der Waals surface area (Å²) in [6.07, 6.45) is 0. The molecular formula is C33H25BrClNO6. The van der Waals surface area contributed by atoms with E-state index in [4.69, 9.17) is 30.2 Å². The van der Waals surface area contributed by atoms with Crippen molar-refractivity contribution in [1.82, 2.24) is 0 Å². The van der Waals surface area contributed by atoms with E-state index in [-0.39, 0.29) is 16.8 Å². The molecule has 6 rings (SSSR count). The molecule has 4 aromatic carbocycles. The van der Waals surface area contributed by atoms with Crippen LogP contribution in [0.3, 0.4) is 0 Å². The molecule has 0 saturated heterocycles. The maximum absolute atomic E-state index is 14.0. The molecular weight excluding hydrogens is 622 g/mol. The van der Waals surface area contributed by atoms with Crippen LogP contribution in [0.25, 0.3) is 11.0 Å². The van der Waals surface area contributed by atoms with Crippen molar-refractivity contribution in [2.45, 2.75) is 19.6 Å². The number of rotatable bonds is 8. The number of carbonyl (C=O) groups excluding carboxylic acids is 1. The summed E-state index contributed by atoms with van der Waals surface area (Å²) in [4.78, 5) is 29.5. The molecule has 0 saturated carbocycles. The van der Waals surface area contributed by atoms with E-state index in [9.17, 15) is 9.59 Å². The van der Waals surface area contributed by atoms with Crippen molar-refractivity contribution >= 4 is 50.1 Å². The molecule has 1 aromatic heterocycles. The molecule has 42 heavy (non-hydrogen) atoms. The molecule has 2 heterocycles. The first-order valence-corrected chi connectivity index (χ1v) is 14.4. The zero-order valence-electron chi connectivity index (χ0n) is 22.7. The molecule has 1 aliphatic heterocycles. The molecule has 7 nitrogen and oxygen atoms in total. The number of anilines is 1. The summed E-state index contributed by atoms with van der Waals surface area (Å²) in [7, 11) is 1.52. The standard InChI is InChI=1S/C33H25BrClNO6/c1-3-40-28-15-20(9-12-27(28)41-18-19-7-5-4-6-8-19)30-29-31(37)23-16-21(34)10-13-25(23)42-32(29)33(38)36(30)22-11-14-26(39-2)24(35)17-22/h4-17,30H,3,18H2,1-2H3. The average Bonchev–Trinajstić information content (AvgIpc) is 3.29. The summed E-state index contributed by atoms with van der Waals surface area (Å²) < 4.78 is 24.2. The highest BCUT2D eigenvalue weighted by atomic mass is 79.9. The first-order valence-electron chi connectivity index (χ1n) is 13.3. The quantitative estimate of drug-likeness (QED) is 0.170. The lowest BCUT2D eigenvalue weighted by Gasteiger charge is -2.26. The smallest absolute Gasteiger partial charge is 0.295 e. The Kier molecular flexibility index (Phi) is 7.66. The molecule has 0 N–H and O–H groups in total. The van der Waals surface area contributed by atoms with Crippen molar-refractivity contribution in [2.24, 2.45) is 0 Å². The van der Waals surface area contributed by atoms with Crippen LogP contribution in [0.5, 0.6) is 17.2 Å². The second-order valence-electron chi connectivity index (χ2n) is 9.62. The van der Waals surface area contributed by atoms with Crippen LogP contribution >= 0.6 is 27.5 Å². The van der Waals surface area contributed by atoms with Crippen molar-refractivity contribution in [3.8, 4) is 17.2 Å². The molecule has 0 aliphatic carbocycles. The highest BCUT2D eigenvalue weighted by Gasteiger charge is 2.44. The zero-order valence-corrected chi connectivity index (χ0v) is 25.1. The molecule has 0 bridgehead atoms. The van der Waals surface area contributed by atoms with Gasteiger partial charge in [-0.2, -0.15) is 0 Å². The van der Waals surface area contributed by atoms with Gasteiger partial charge in [0.2, 0.25) is 5.76 Å². The van der Waals surface area contributed by atoms with E-state index < -0.39 is 11.9 Å². The number of methoxy groups -OCH3 is 1. The molecule has 0 fully saturated rings. The number of ether oxygens (including phenoxy) is 3. The Morgan fingerprint density at radius 3 is 2.43 bits per heavy atom. The van der Waals surface area contributed by atoms with Crippen molar-refractivity contribution in [1.29, 1.82) is 0 Å². The van der Waals surface area contributed by atoms with Gasteiger partial charge >= 0.3 is 0 Å². The van der Waals surface area contributed by atoms with E-state index >= 15 is 0 Å². The summed E-state index contributed by atoms with van der Waals surface area (Å²) >= 11 is 9.92. The Bertz CT molecular complexity index is 1870. The molecule has 9 heteroatoms. The summed E-state index contributed by atoms with van der Waals surface area (Å²) in [6.45, 7) is 2.63. The van der Waals surface area contributed by atoms with E-state index in [0.717, 1.165) is 10.0 Å². The molecule has 0 spiro atoms. The minimum atomic E-state index is -0.820. The summed E-state index contributed by atoms with van der Waals surface area (Å²) in [6, 6.07) is 24.6. The highest BCUT2D eigenvalue weighted by molar-refractivity contribution is 9.10. The first kappa shape index (κ1) is 27.9. The maximum atomic E-state index is 14.0. The number of hydrogen-bond donors (Lipinski definition) is 0. The fourth-order valence-electron chi connectivity index (χ4n) is 5.15. The first-order chi connectivity index (χ1) is 20.4. The van der Waals surface area contributed by atoms with E-state index in [2.05, 4.69) is 15.9 Å². The third kappa shape index (κ3) is 5.01. The Morgan fingerprint density at radius 1 is 0.905 bits per heavy atom. The highest BCUT2D eigenvalue weighted by Crippen LogP contribution is 2.44. The monoisotopic (exact) mass is 645 g/mol. The number of fused-ring (bicyclic) bond motifs is 2. The van der Waals surface area contributed by atoms with Gasteiger partial charge in [-0.1, -0.05) is 63.9 Å². The lowest BCUT2D eigenvalue weighted by Crippen LogP contribution is -2.29. The van der Waals surface area contributed by atoms with Crippen LogP contribution in [0.2, 0.25) is 5.02 Å². The number of carbonyl (C=O) groups is 1. The van der Waals surface area contributed by atoms with Gasteiger partial charge in [0.25, 0.3) is 5.91 Å². The van der Waals surface area contributed by atoms with Crippen molar-refractivity contribution in [2.75, 3.05) is 18.6 Å². The predicted molar refractivity (Wildman–Crippen MR) is 165 cm³/mol. The van der Waals surface area contributed by atoms with Gasteiger partial charge in [-0.3, -0.25) is 14.5 Å². The minimum absolute atomic E-state index is 0.0193. The van der Waals surface area contributed by atoms with Gasteiger partial charge < -0.3 is 18.6 Å². The Hall–Kier alpha value is -4.27. The molecule has 1 unspecified atom stereocenters. The van der Waals surface area contributed by atoms with Crippen molar-refractivity contribution in [3.05, 3.63) is 127 Å². The van der Waals surface area contributed by atoms with E-state index in [1.54, 1.807) is 48.5 Å². The number of halogens is 2. The van der Waals surface area contributed by atoms with Gasteiger partial charge in [-0.25, -0.2) is 0 Å². The zero-order chi connectivity index (χ0) is 29.4. The third-order valence-corrected chi connectivity index (χ3v) is 7.85. The Labute approximate surface area is 255 Å². The average molecular weight is 647 g/mol. The number of nitrogens with zero attached hydrogens (tertiary/aromatic N) is 1. The summed E-state index contributed by atoms with van der Waals surface area (Å²) in [5.74, 6) is 1.02. The van der Waals surface area contributed by atoms with Crippen LogP contribution in [0.1, 0.15) is 40.2 Å². The van der Waals surface area contributed by atoms with E-state index in [1.807, 2.05) is 43.3 Å². The molecule has 1 amide bonds. The van der Waals surface area contributed by atoms with Crippen molar-refractivity contribution < 1.29 is 23.4 Å². The second kappa shape index (κ2) is 11.5. The lowest BCUT2D eigenvalue weighted by molar-refractivity contribution is 0.0971. The van der Waals surface area contributed by atoms with Gasteiger partial charge in [-0.05, 0) is 66.6 Å². The van der Waals surface area contributed by atoms with Crippen LogP contribution < -0.4 is 24.5 Å². The Balaban J connectivity index is 1.51. The molecule has 1 aliphatic rings. The van der Waals surface area contributed by atoms with Gasteiger partial charge in [0, 0.05) is 10.2 Å². The third-order valence-electron chi connectivity index (χ3n) is 7.07. The number of hydrogen-bond acceptors (Lipinski definition) is 6. The van der Waals surface area contributed by atoms with E-state index in [1.165, 1.54) is 12.0 Å². The summed E-state index contributed by atoms with van der Waals surface area (Å²) in [5, 5.41) is 0.689. The fraction of sp³-hybridized carbons (Fsp3) is 0.152. The van der Waals surface area contributed by atoms with Gasteiger partial charge in [-0.15, -0.1) is 0 Å². The van der Waals surface area contributed by atoms with Crippen LogP contribution in [-0.4, -0.2) is 19.6 Å². The van der Waals surface area contributed by atoms with Gasteiger partial charge in [0.05, 0.1) is 35.7 Å².